The first kappa shape index (κ1) is 23.1. The Balaban J connectivity index is 1.95. The summed E-state index contributed by atoms with van der Waals surface area (Å²) < 4.78 is 45.4. The molecule has 0 aromatic heterocycles. The third kappa shape index (κ3) is 5.75. The van der Waals surface area contributed by atoms with Crippen molar-refractivity contribution >= 4 is 57.7 Å². The van der Waals surface area contributed by atoms with E-state index in [0.717, 1.165) is 31.0 Å². The highest BCUT2D eigenvalue weighted by Gasteiger charge is 2.33. The van der Waals surface area contributed by atoms with Gasteiger partial charge in [0.05, 0.1) is 27.7 Å². The van der Waals surface area contributed by atoms with Crippen LogP contribution in [0, 0.1) is 0 Å². The van der Waals surface area contributed by atoms with Gasteiger partial charge in [-0.05, 0) is 42.0 Å². The van der Waals surface area contributed by atoms with E-state index in [1.54, 1.807) is 6.07 Å². The van der Waals surface area contributed by atoms with Crippen molar-refractivity contribution in [2.75, 3.05) is 7.11 Å². The summed E-state index contributed by atoms with van der Waals surface area (Å²) in [4.78, 5) is 16.8. The van der Waals surface area contributed by atoms with Gasteiger partial charge in [-0.15, -0.1) is 13.2 Å². The van der Waals surface area contributed by atoms with Gasteiger partial charge in [0, 0.05) is 0 Å². The molecule has 2 aromatic carbocycles. The Labute approximate surface area is 188 Å². The Morgan fingerprint density at radius 1 is 1.13 bits per heavy atom. The van der Waals surface area contributed by atoms with Crippen molar-refractivity contribution in [1.29, 1.82) is 0 Å². The number of aliphatic hydroxyl groups excluding tert-OH is 1. The highest BCUT2D eigenvalue weighted by Crippen LogP contribution is 2.40. The molecular formula is C20H12Cl2F3NO4S. The Bertz CT molecular complexity index is 1110. The van der Waals surface area contributed by atoms with Crippen molar-refractivity contribution in [2.45, 2.75) is 6.36 Å². The number of methoxy groups -OCH3 is 1. The summed E-state index contributed by atoms with van der Waals surface area (Å²) in [5.41, 5.74) is 0.700. The fourth-order valence-electron chi connectivity index (χ4n) is 2.48. The molecule has 162 valence electrons. The van der Waals surface area contributed by atoms with Crippen molar-refractivity contribution in [3.63, 3.8) is 0 Å². The molecule has 2 aromatic rings. The lowest BCUT2D eigenvalue weighted by atomic mass is 10.1. The highest BCUT2D eigenvalue weighted by molar-refractivity contribution is 8.18. The predicted octanol–water partition coefficient (Wildman–Crippen LogP) is 6.70. The molecule has 0 aliphatic carbocycles. The van der Waals surface area contributed by atoms with Gasteiger partial charge in [0.15, 0.2) is 0 Å². The maximum atomic E-state index is 12.3. The molecule has 0 radical (unpaired) electrons. The summed E-state index contributed by atoms with van der Waals surface area (Å²) in [6.45, 7) is 0. The van der Waals surface area contributed by atoms with Gasteiger partial charge in [-0.3, -0.25) is 0 Å². The molecule has 0 bridgehead atoms. The van der Waals surface area contributed by atoms with Gasteiger partial charge in [0.25, 0.3) is 0 Å². The van der Waals surface area contributed by atoms with Crippen LogP contribution in [0.15, 0.2) is 63.7 Å². The predicted molar refractivity (Wildman–Crippen MR) is 114 cm³/mol. The second-order valence-corrected chi connectivity index (χ2v) is 7.80. The summed E-state index contributed by atoms with van der Waals surface area (Å²) in [7, 11) is 1.16. The molecule has 0 saturated carbocycles. The number of benzene rings is 2. The average molecular weight is 490 g/mol. The van der Waals surface area contributed by atoms with Crippen LogP contribution >= 0.6 is 35.0 Å². The number of hydrogen-bond acceptors (Lipinski definition) is 6. The minimum absolute atomic E-state index is 0.151. The van der Waals surface area contributed by atoms with Gasteiger partial charge in [-0.1, -0.05) is 47.1 Å². The lowest BCUT2D eigenvalue weighted by molar-refractivity contribution is -0.274. The third-order valence-corrected chi connectivity index (χ3v) is 5.58. The molecule has 1 aliphatic rings. The van der Waals surface area contributed by atoms with E-state index < -0.39 is 12.3 Å². The first-order valence-electron chi connectivity index (χ1n) is 8.39. The van der Waals surface area contributed by atoms with E-state index >= 15 is 0 Å². The average Bonchev–Trinajstić information content (AvgIpc) is 2.99. The SMILES string of the molecule is COC(=O)C1=C(O)/C(=C/c2ccc(OC(F)(F)F)cc2)SC1=Nc1ccc(Cl)c(Cl)c1. The first-order chi connectivity index (χ1) is 14.6. The van der Waals surface area contributed by atoms with Crippen LogP contribution in [0.4, 0.5) is 18.9 Å². The molecule has 0 unspecified atom stereocenters. The summed E-state index contributed by atoms with van der Waals surface area (Å²) in [5, 5.41) is 11.3. The number of alkyl halides is 3. The maximum absolute atomic E-state index is 12.3. The second kappa shape index (κ2) is 9.25. The van der Waals surface area contributed by atoms with E-state index in [2.05, 4.69) is 9.73 Å². The molecule has 0 spiro atoms. The van der Waals surface area contributed by atoms with E-state index in [-0.39, 0.29) is 32.1 Å². The highest BCUT2D eigenvalue weighted by atomic mass is 35.5. The fraction of sp³-hybridized carbons (Fsp3) is 0.100. The molecule has 1 aliphatic heterocycles. The van der Waals surface area contributed by atoms with Crippen LogP contribution < -0.4 is 4.74 Å². The van der Waals surface area contributed by atoms with Crippen molar-refractivity contribution in [3.05, 3.63) is 74.3 Å². The maximum Gasteiger partial charge on any atom is 0.573 e. The summed E-state index contributed by atoms with van der Waals surface area (Å²) in [6, 6.07) is 9.60. The van der Waals surface area contributed by atoms with Crippen molar-refractivity contribution in [1.82, 2.24) is 0 Å². The van der Waals surface area contributed by atoms with Crippen LogP contribution in [-0.2, 0) is 9.53 Å². The van der Waals surface area contributed by atoms with Gasteiger partial charge >= 0.3 is 12.3 Å². The zero-order valence-corrected chi connectivity index (χ0v) is 17.9. The van der Waals surface area contributed by atoms with Crippen LogP contribution in [0.3, 0.4) is 0 Å². The number of thioether (sulfide) groups is 1. The number of carbonyl (C=O) groups is 1. The van der Waals surface area contributed by atoms with Crippen molar-refractivity contribution in [2.24, 2.45) is 4.99 Å². The Kier molecular flexibility index (Phi) is 6.88. The number of nitrogens with zero attached hydrogens (tertiary/aromatic N) is 1. The van der Waals surface area contributed by atoms with Gasteiger partial charge in [-0.25, -0.2) is 9.79 Å². The van der Waals surface area contributed by atoms with Crippen molar-refractivity contribution in [3.8, 4) is 5.75 Å². The molecule has 0 saturated heterocycles. The first-order valence-corrected chi connectivity index (χ1v) is 9.96. The second-order valence-electron chi connectivity index (χ2n) is 5.96. The van der Waals surface area contributed by atoms with E-state index in [1.165, 1.54) is 30.3 Å². The quantitative estimate of drug-likeness (QED) is 0.484. The van der Waals surface area contributed by atoms with E-state index in [9.17, 15) is 23.1 Å². The van der Waals surface area contributed by atoms with Crippen LogP contribution in [0.2, 0.25) is 10.0 Å². The smallest absolute Gasteiger partial charge is 0.506 e. The molecule has 1 N–H and O–H groups in total. The third-order valence-electron chi connectivity index (χ3n) is 3.83. The molecule has 11 heteroatoms. The zero-order valence-electron chi connectivity index (χ0n) is 15.5. The van der Waals surface area contributed by atoms with Crippen LogP contribution in [0.25, 0.3) is 6.08 Å². The molecular weight excluding hydrogens is 478 g/mol. The molecule has 0 atom stereocenters. The largest absolute Gasteiger partial charge is 0.573 e. The number of hydrogen-bond donors (Lipinski definition) is 1. The summed E-state index contributed by atoms with van der Waals surface area (Å²) in [5.74, 6) is -1.56. The number of rotatable bonds is 4. The molecule has 0 amide bonds. The van der Waals surface area contributed by atoms with Crippen LogP contribution in [0.1, 0.15) is 5.56 Å². The summed E-state index contributed by atoms with van der Waals surface area (Å²) >= 11 is 12.9. The molecule has 3 rings (SSSR count). The Hall–Kier alpha value is -2.62. The number of esters is 1. The van der Waals surface area contributed by atoms with Gasteiger partial charge in [-0.2, -0.15) is 0 Å². The topological polar surface area (TPSA) is 68.1 Å². The fourth-order valence-corrected chi connectivity index (χ4v) is 3.81. The number of carbonyl (C=O) groups excluding carboxylic acids is 1. The molecule has 1 heterocycles. The standard InChI is InChI=1S/C20H12Cl2F3NO4S/c1-29-19(28)16-17(27)15(8-10-2-5-12(6-3-10)30-20(23,24)25)31-18(16)26-11-4-7-13(21)14(22)9-11/h2-9,27H,1H3/b15-8-,26-18?. The minimum atomic E-state index is -4.80. The molecule has 31 heavy (non-hydrogen) atoms. The lowest BCUT2D eigenvalue weighted by Crippen LogP contribution is -2.16. The van der Waals surface area contributed by atoms with E-state index in [0.29, 0.717) is 16.3 Å². The number of aliphatic imine (C=N–C) groups is 1. The molecule has 0 fully saturated rings. The van der Waals surface area contributed by atoms with Crippen LogP contribution in [0.5, 0.6) is 5.75 Å². The van der Waals surface area contributed by atoms with E-state index in [1.807, 2.05) is 0 Å². The van der Waals surface area contributed by atoms with Crippen molar-refractivity contribution < 1.29 is 32.5 Å². The van der Waals surface area contributed by atoms with Gasteiger partial charge in [0.1, 0.15) is 22.1 Å². The van der Waals surface area contributed by atoms with Crippen LogP contribution in [-0.4, -0.2) is 29.6 Å². The summed E-state index contributed by atoms with van der Waals surface area (Å²) in [6.07, 6.45) is -3.31. The van der Waals surface area contributed by atoms with Gasteiger partial charge in [0.2, 0.25) is 0 Å². The number of ether oxygens (including phenoxy) is 2. The monoisotopic (exact) mass is 489 g/mol. The Morgan fingerprint density at radius 3 is 2.39 bits per heavy atom. The molecule has 5 nitrogen and oxygen atoms in total. The number of halogens is 5. The van der Waals surface area contributed by atoms with Gasteiger partial charge < -0.3 is 14.6 Å². The lowest BCUT2D eigenvalue weighted by Gasteiger charge is -2.08. The van der Waals surface area contributed by atoms with E-state index in [4.69, 9.17) is 27.9 Å². The normalized spacial score (nSPS) is 16.8. The Morgan fingerprint density at radius 2 is 1.81 bits per heavy atom. The minimum Gasteiger partial charge on any atom is -0.506 e. The zero-order chi connectivity index (χ0) is 22.8. The number of aliphatic hydroxyl groups is 1.